The molecule has 2 aromatic heterocycles. The van der Waals surface area contributed by atoms with Gasteiger partial charge >= 0.3 is 0 Å². The molecule has 0 spiro atoms. The van der Waals surface area contributed by atoms with Crippen LogP contribution in [0.1, 0.15) is 0 Å². The standard InChI is InChI=1S/C56H36N2O/c1-4-14-37(15-5-1)43-21-13-23-46(33-43)50-35-51-48-31-30-45(34-54(48)59-55(51)49-25-11-10-24-47(49)50)44-22-12-20-42(32-44)38-26-28-40(29-27-38)53-36-52(39-16-6-2-7-17-39)57-56(58-53)41-18-8-3-9-19-41/h1-36H. The van der Waals surface area contributed by atoms with Crippen molar-refractivity contribution in [2.75, 3.05) is 0 Å². The topological polar surface area (TPSA) is 38.9 Å². The van der Waals surface area contributed by atoms with Crippen molar-refractivity contribution in [1.29, 1.82) is 0 Å². The first-order valence-corrected chi connectivity index (χ1v) is 20.0. The maximum Gasteiger partial charge on any atom is 0.160 e. The van der Waals surface area contributed by atoms with E-state index in [2.05, 4.69) is 182 Å². The van der Waals surface area contributed by atoms with Gasteiger partial charge in [-0.25, -0.2) is 9.97 Å². The minimum Gasteiger partial charge on any atom is -0.455 e. The normalized spacial score (nSPS) is 11.4. The summed E-state index contributed by atoms with van der Waals surface area (Å²) in [6.07, 6.45) is 0. The highest BCUT2D eigenvalue weighted by Gasteiger charge is 2.17. The van der Waals surface area contributed by atoms with Gasteiger partial charge in [-0.1, -0.05) is 182 Å². The molecule has 9 aromatic carbocycles. The predicted octanol–water partition coefficient (Wildman–Crippen LogP) is 15.2. The highest BCUT2D eigenvalue weighted by atomic mass is 16.3. The molecule has 0 radical (unpaired) electrons. The van der Waals surface area contributed by atoms with Gasteiger partial charge in [0.05, 0.1) is 11.4 Å². The van der Waals surface area contributed by atoms with Crippen molar-refractivity contribution in [1.82, 2.24) is 9.97 Å². The number of furan rings is 1. The Labute approximate surface area is 342 Å². The highest BCUT2D eigenvalue weighted by molar-refractivity contribution is 6.19. The van der Waals surface area contributed by atoms with E-state index in [-0.39, 0.29) is 0 Å². The van der Waals surface area contributed by atoms with Crippen molar-refractivity contribution in [3.63, 3.8) is 0 Å². The average Bonchev–Trinajstić information content (AvgIpc) is 3.70. The first kappa shape index (κ1) is 34.4. The van der Waals surface area contributed by atoms with Crippen molar-refractivity contribution in [3.8, 4) is 78.4 Å². The van der Waals surface area contributed by atoms with Gasteiger partial charge in [0.1, 0.15) is 11.2 Å². The molecule has 3 heteroatoms. The van der Waals surface area contributed by atoms with E-state index < -0.39 is 0 Å². The van der Waals surface area contributed by atoms with Crippen LogP contribution in [-0.2, 0) is 0 Å². The van der Waals surface area contributed by atoms with Gasteiger partial charge in [0.2, 0.25) is 0 Å². The zero-order chi connectivity index (χ0) is 39.1. The van der Waals surface area contributed by atoms with Gasteiger partial charge in [-0.05, 0) is 86.3 Å². The fourth-order valence-corrected chi connectivity index (χ4v) is 8.29. The molecule has 0 aliphatic heterocycles. The van der Waals surface area contributed by atoms with Gasteiger partial charge in [0.25, 0.3) is 0 Å². The largest absolute Gasteiger partial charge is 0.455 e. The number of aromatic nitrogens is 2. The summed E-state index contributed by atoms with van der Waals surface area (Å²) in [5.74, 6) is 0.711. The van der Waals surface area contributed by atoms with Crippen molar-refractivity contribution < 1.29 is 4.42 Å². The Kier molecular flexibility index (Phi) is 8.49. The zero-order valence-corrected chi connectivity index (χ0v) is 32.1. The molecular weight excluding hydrogens is 717 g/mol. The fraction of sp³-hybridized carbons (Fsp3) is 0. The molecule has 0 unspecified atom stereocenters. The van der Waals surface area contributed by atoms with Crippen molar-refractivity contribution >= 4 is 32.7 Å². The quantitative estimate of drug-likeness (QED) is 0.163. The molecule has 276 valence electrons. The summed E-state index contributed by atoms with van der Waals surface area (Å²) < 4.78 is 6.74. The zero-order valence-electron chi connectivity index (χ0n) is 32.1. The van der Waals surface area contributed by atoms with Crippen molar-refractivity contribution in [2.24, 2.45) is 0 Å². The van der Waals surface area contributed by atoms with Crippen LogP contribution in [0.25, 0.3) is 111 Å². The van der Waals surface area contributed by atoms with Gasteiger partial charge in [0.15, 0.2) is 5.82 Å². The molecule has 0 saturated heterocycles. The lowest BCUT2D eigenvalue weighted by molar-refractivity contribution is 0.673. The van der Waals surface area contributed by atoms with Gasteiger partial charge in [0, 0.05) is 32.8 Å². The molecule has 11 aromatic rings. The van der Waals surface area contributed by atoms with E-state index in [0.717, 1.165) is 77.7 Å². The van der Waals surface area contributed by atoms with E-state index in [9.17, 15) is 0 Å². The molecular formula is C56H36N2O. The lowest BCUT2D eigenvalue weighted by Crippen LogP contribution is -1.95. The van der Waals surface area contributed by atoms with Crippen LogP contribution in [0.15, 0.2) is 223 Å². The molecule has 0 amide bonds. The van der Waals surface area contributed by atoms with E-state index in [1.54, 1.807) is 0 Å². The van der Waals surface area contributed by atoms with Gasteiger partial charge in [-0.15, -0.1) is 0 Å². The number of hydrogen-bond acceptors (Lipinski definition) is 3. The predicted molar refractivity (Wildman–Crippen MR) is 245 cm³/mol. The summed E-state index contributed by atoms with van der Waals surface area (Å²) in [5, 5.41) is 4.52. The smallest absolute Gasteiger partial charge is 0.160 e. The van der Waals surface area contributed by atoms with Crippen molar-refractivity contribution in [2.45, 2.75) is 0 Å². The number of rotatable bonds is 7. The molecule has 0 aliphatic rings. The molecule has 11 rings (SSSR count). The monoisotopic (exact) mass is 752 g/mol. The summed E-state index contributed by atoms with van der Waals surface area (Å²) in [4.78, 5) is 9.99. The molecule has 3 nitrogen and oxygen atoms in total. The van der Waals surface area contributed by atoms with Crippen LogP contribution in [0, 0.1) is 0 Å². The average molecular weight is 753 g/mol. The van der Waals surface area contributed by atoms with Gasteiger partial charge < -0.3 is 4.42 Å². The SMILES string of the molecule is c1ccc(-c2cccc(-c3cc4c5ccc(-c6cccc(-c7ccc(-c8cc(-c9ccccc9)nc(-c9ccccc9)n8)cc7)c6)cc5oc4c4ccccc34)c2)cc1. The minimum absolute atomic E-state index is 0.711. The molecule has 0 aliphatic carbocycles. The third kappa shape index (κ3) is 6.45. The third-order valence-corrected chi connectivity index (χ3v) is 11.3. The lowest BCUT2D eigenvalue weighted by atomic mass is 9.93. The van der Waals surface area contributed by atoms with Crippen LogP contribution in [-0.4, -0.2) is 9.97 Å². The number of nitrogens with zero attached hydrogens (tertiary/aromatic N) is 2. The van der Waals surface area contributed by atoms with Crippen LogP contribution >= 0.6 is 0 Å². The Morgan fingerprint density at radius 2 is 0.729 bits per heavy atom. The molecule has 59 heavy (non-hydrogen) atoms. The summed E-state index contributed by atoms with van der Waals surface area (Å²) in [6.45, 7) is 0. The Morgan fingerprint density at radius 1 is 0.271 bits per heavy atom. The summed E-state index contributed by atoms with van der Waals surface area (Å²) >= 11 is 0. The Morgan fingerprint density at radius 3 is 1.41 bits per heavy atom. The van der Waals surface area contributed by atoms with E-state index in [4.69, 9.17) is 14.4 Å². The minimum atomic E-state index is 0.711. The van der Waals surface area contributed by atoms with E-state index in [1.807, 2.05) is 36.4 Å². The first-order chi connectivity index (χ1) is 29.2. The Hall–Kier alpha value is -7.88. The Balaban J connectivity index is 0.937. The van der Waals surface area contributed by atoms with Crippen LogP contribution in [0.3, 0.4) is 0 Å². The maximum atomic E-state index is 6.74. The van der Waals surface area contributed by atoms with Gasteiger partial charge in [-0.3, -0.25) is 0 Å². The highest BCUT2D eigenvalue weighted by Crippen LogP contribution is 2.42. The number of benzene rings is 9. The second kappa shape index (κ2) is 14.6. The molecule has 0 fully saturated rings. The van der Waals surface area contributed by atoms with E-state index in [1.165, 1.54) is 27.6 Å². The van der Waals surface area contributed by atoms with Crippen LogP contribution < -0.4 is 0 Å². The number of fused-ring (bicyclic) bond motifs is 5. The second-order valence-electron chi connectivity index (χ2n) is 15.0. The molecule has 0 atom stereocenters. The summed E-state index contributed by atoms with van der Waals surface area (Å²) in [6, 6.07) is 76.9. The van der Waals surface area contributed by atoms with Crippen molar-refractivity contribution in [3.05, 3.63) is 218 Å². The first-order valence-electron chi connectivity index (χ1n) is 20.0. The second-order valence-corrected chi connectivity index (χ2v) is 15.0. The molecule has 0 bridgehead atoms. The van der Waals surface area contributed by atoms with Crippen LogP contribution in [0.4, 0.5) is 0 Å². The van der Waals surface area contributed by atoms with E-state index >= 15 is 0 Å². The maximum absolute atomic E-state index is 6.74. The summed E-state index contributed by atoms with van der Waals surface area (Å²) in [5.41, 5.74) is 16.0. The third-order valence-electron chi connectivity index (χ3n) is 11.3. The molecule has 2 heterocycles. The van der Waals surface area contributed by atoms with Crippen LogP contribution in [0.5, 0.6) is 0 Å². The van der Waals surface area contributed by atoms with Crippen LogP contribution in [0.2, 0.25) is 0 Å². The molecule has 0 N–H and O–H groups in total. The molecule has 0 saturated carbocycles. The number of hydrogen-bond donors (Lipinski definition) is 0. The van der Waals surface area contributed by atoms with Gasteiger partial charge in [-0.2, -0.15) is 0 Å². The summed E-state index contributed by atoms with van der Waals surface area (Å²) in [7, 11) is 0. The lowest BCUT2D eigenvalue weighted by Gasteiger charge is -2.10. The Bertz CT molecular complexity index is 3240. The van der Waals surface area contributed by atoms with E-state index in [0.29, 0.717) is 5.82 Å². The fourth-order valence-electron chi connectivity index (χ4n) is 8.29.